The lowest BCUT2D eigenvalue weighted by Gasteiger charge is -2.43. The second-order valence-corrected chi connectivity index (χ2v) is 9.11. The number of amides is 1. The molecule has 2 aliphatic rings. The third-order valence-corrected chi connectivity index (χ3v) is 6.96. The van der Waals surface area contributed by atoms with Crippen LogP contribution in [-0.4, -0.2) is 50.7 Å². The van der Waals surface area contributed by atoms with E-state index in [0.29, 0.717) is 50.5 Å². The van der Waals surface area contributed by atoms with Crippen molar-refractivity contribution in [2.75, 3.05) is 44.8 Å². The van der Waals surface area contributed by atoms with Crippen molar-refractivity contribution < 1.29 is 27.1 Å². The fraction of sp³-hybridized carbons (Fsp3) is 0.440. The van der Waals surface area contributed by atoms with Crippen LogP contribution in [0.4, 0.5) is 23.2 Å². The fourth-order valence-electron chi connectivity index (χ4n) is 5.22. The van der Waals surface area contributed by atoms with E-state index < -0.39 is 23.1 Å². The van der Waals surface area contributed by atoms with Gasteiger partial charge in [-0.05, 0) is 42.3 Å². The van der Waals surface area contributed by atoms with Crippen LogP contribution in [0.3, 0.4) is 0 Å². The molecule has 2 atom stereocenters. The van der Waals surface area contributed by atoms with Crippen molar-refractivity contribution >= 4 is 11.6 Å². The van der Waals surface area contributed by atoms with Gasteiger partial charge in [-0.25, -0.2) is 4.39 Å². The molecule has 180 valence electrons. The average molecular weight is 475 g/mol. The molecule has 2 unspecified atom stereocenters. The number of rotatable bonds is 5. The summed E-state index contributed by atoms with van der Waals surface area (Å²) < 4.78 is 59.4. The first-order valence-electron chi connectivity index (χ1n) is 11.0. The van der Waals surface area contributed by atoms with Crippen molar-refractivity contribution in [3.8, 4) is 6.07 Å². The van der Waals surface area contributed by atoms with Crippen molar-refractivity contribution in [2.24, 2.45) is 11.3 Å². The Balaban J connectivity index is 1.54. The van der Waals surface area contributed by atoms with E-state index in [-0.39, 0.29) is 23.7 Å². The highest BCUT2D eigenvalue weighted by Crippen LogP contribution is 2.45. The van der Waals surface area contributed by atoms with Crippen LogP contribution in [-0.2, 0) is 22.1 Å². The third-order valence-electron chi connectivity index (χ3n) is 6.96. The van der Waals surface area contributed by atoms with Crippen molar-refractivity contribution in [1.82, 2.24) is 4.90 Å². The number of nitriles is 1. The number of hydrogen-bond donors (Lipinski definition) is 0. The van der Waals surface area contributed by atoms with Gasteiger partial charge in [-0.1, -0.05) is 12.1 Å². The van der Waals surface area contributed by atoms with Gasteiger partial charge in [0.15, 0.2) is 0 Å². The standard InChI is InChI=1S/C25H25F4N3O2/c1-34-16-24-7-8-31(23(33)10-17-3-2-4-20(26)9-17)13-19(24)14-32(15-24)21-6-5-18(12-30)22(11-21)25(27,28)29/h2-6,9,11,19H,7-8,10,13-16H2,1H3. The minimum atomic E-state index is -4.63. The van der Waals surface area contributed by atoms with Gasteiger partial charge in [0.2, 0.25) is 5.91 Å². The van der Waals surface area contributed by atoms with E-state index in [0.717, 1.165) is 6.07 Å². The zero-order valence-corrected chi connectivity index (χ0v) is 18.7. The highest BCUT2D eigenvalue weighted by atomic mass is 19.4. The summed E-state index contributed by atoms with van der Waals surface area (Å²) in [5.74, 6) is -0.495. The number of methoxy groups -OCH3 is 1. The Kier molecular flexibility index (Phi) is 6.54. The monoisotopic (exact) mass is 475 g/mol. The number of likely N-dealkylation sites (tertiary alicyclic amines) is 1. The summed E-state index contributed by atoms with van der Waals surface area (Å²) in [5, 5.41) is 9.08. The second kappa shape index (κ2) is 9.26. The molecule has 2 aromatic carbocycles. The number of hydrogen-bond acceptors (Lipinski definition) is 4. The van der Waals surface area contributed by atoms with Crippen LogP contribution in [0.2, 0.25) is 0 Å². The van der Waals surface area contributed by atoms with Gasteiger partial charge in [-0.15, -0.1) is 0 Å². The Morgan fingerprint density at radius 2 is 2.03 bits per heavy atom. The summed E-state index contributed by atoms with van der Waals surface area (Å²) in [5.41, 5.74) is -0.655. The SMILES string of the molecule is COCC12CCN(C(=O)Cc3cccc(F)c3)CC1CN(c1ccc(C#N)c(C(F)(F)F)c1)C2. The van der Waals surface area contributed by atoms with Gasteiger partial charge < -0.3 is 14.5 Å². The van der Waals surface area contributed by atoms with E-state index >= 15 is 0 Å². The van der Waals surface area contributed by atoms with Crippen LogP contribution >= 0.6 is 0 Å². The topological polar surface area (TPSA) is 56.6 Å². The number of halogens is 4. The molecule has 0 N–H and O–H groups in total. The Morgan fingerprint density at radius 3 is 2.71 bits per heavy atom. The molecule has 2 fully saturated rings. The summed E-state index contributed by atoms with van der Waals surface area (Å²) in [6.07, 6.45) is -3.88. The Hall–Kier alpha value is -3.12. The first kappa shape index (κ1) is 24.0. The summed E-state index contributed by atoms with van der Waals surface area (Å²) in [7, 11) is 1.60. The molecular formula is C25H25F4N3O2. The number of nitrogens with zero attached hydrogens (tertiary/aromatic N) is 3. The summed E-state index contributed by atoms with van der Waals surface area (Å²) in [4.78, 5) is 16.6. The van der Waals surface area contributed by atoms with E-state index in [4.69, 9.17) is 10.00 Å². The van der Waals surface area contributed by atoms with Crippen LogP contribution in [0.5, 0.6) is 0 Å². The lowest BCUT2D eigenvalue weighted by molar-refractivity contribution is -0.138. The van der Waals surface area contributed by atoms with E-state index in [9.17, 15) is 22.4 Å². The smallest absolute Gasteiger partial charge is 0.384 e. The predicted octanol–water partition coefficient (Wildman–Crippen LogP) is 4.26. The molecule has 5 nitrogen and oxygen atoms in total. The molecule has 2 saturated heterocycles. The third kappa shape index (κ3) is 4.73. The van der Waals surface area contributed by atoms with Crippen LogP contribution in [0.1, 0.15) is 23.1 Å². The first-order valence-corrected chi connectivity index (χ1v) is 11.0. The van der Waals surface area contributed by atoms with Crippen molar-refractivity contribution in [2.45, 2.75) is 19.0 Å². The van der Waals surface area contributed by atoms with E-state index in [2.05, 4.69) is 0 Å². The lowest BCUT2D eigenvalue weighted by atomic mass is 9.73. The van der Waals surface area contributed by atoms with Gasteiger partial charge in [-0.2, -0.15) is 18.4 Å². The minimum absolute atomic E-state index is 0.00244. The van der Waals surface area contributed by atoms with Crippen LogP contribution < -0.4 is 4.90 Å². The molecular weight excluding hydrogens is 450 g/mol. The number of benzene rings is 2. The van der Waals surface area contributed by atoms with Gasteiger partial charge in [0.05, 0.1) is 30.2 Å². The van der Waals surface area contributed by atoms with Crippen LogP contribution in [0, 0.1) is 28.5 Å². The maximum Gasteiger partial charge on any atom is 0.417 e. The number of carbonyl (C=O) groups excluding carboxylic acids is 1. The number of piperidine rings is 1. The van der Waals surface area contributed by atoms with Gasteiger partial charge in [0.1, 0.15) is 5.82 Å². The van der Waals surface area contributed by atoms with Crippen LogP contribution in [0.25, 0.3) is 0 Å². The summed E-state index contributed by atoms with van der Waals surface area (Å²) >= 11 is 0. The molecule has 2 aromatic rings. The Bertz CT molecular complexity index is 1110. The number of ether oxygens (including phenoxy) is 1. The normalized spacial score (nSPS) is 22.4. The first-order chi connectivity index (χ1) is 16.1. The van der Waals surface area contributed by atoms with Gasteiger partial charge in [-0.3, -0.25) is 4.79 Å². The fourth-order valence-corrected chi connectivity index (χ4v) is 5.22. The Labute approximate surface area is 195 Å². The zero-order chi connectivity index (χ0) is 24.5. The highest BCUT2D eigenvalue weighted by Gasteiger charge is 2.50. The Morgan fingerprint density at radius 1 is 1.24 bits per heavy atom. The molecule has 2 aliphatic heterocycles. The van der Waals surface area contributed by atoms with Crippen LogP contribution in [0.15, 0.2) is 42.5 Å². The molecule has 1 amide bonds. The molecule has 4 rings (SSSR count). The molecule has 0 spiro atoms. The second-order valence-electron chi connectivity index (χ2n) is 9.11. The number of fused-ring (bicyclic) bond motifs is 1. The molecule has 34 heavy (non-hydrogen) atoms. The number of carbonyl (C=O) groups is 1. The quantitative estimate of drug-likeness (QED) is 0.607. The highest BCUT2D eigenvalue weighted by molar-refractivity contribution is 5.79. The van der Waals surface area contributed by atoms with Crippen molar-refractivity contribution in [1.29, 1.82) is 5.26 Å². The molecule has 2 heterocycles. The largest absolute Gasteiger partial charge is 0.417 e. The summed E-state index contributed by atoms with van der Waals surface area (Å²) in [6.45, 7) is 2.36. The van der Waals surface area contributed by atoms with Gasteiger partial charge in [0.25, 0.3) is 0 Å². The predicted molar refractivity (Wildman–Crippen MR) is 117 cm³/mol. The lowest BCUT2D eigenvalue weighted by Crippen LogP contribution is -2.51. The summed E-state index contributed by atoms with van der Waals surface area (Å²) in [6, 6.07) is 11.3. The maximum atomic E-state index is 13.5. The number of alkyl halides is 3. The molecule has 0 radical (unpaired) electrons. The average Bonchev–Trinajstić information content (AvgIpc) is 3.17. The van der Waals surface area contributed by atoms with Gasteiger partial charge >= 0.3 is 6.18 Å². The molecule has 0 saturated carbocycles. The molecule has 0 aromatic heterocycles. The van der Waals surface area contributed by atoms with Gasteiger partial charge in [0, 0.05) is 50.3 Å². The number of anilines is 1. The molecule has 0 aliphatic carbocycles. The van der Waals surface area contributed by atoms with Crippen molar-refractivity contribution in [3.05, 3.63) is 65.0 Å². The van der Waals surface area contributed by atoms with Crippen molar-refractivity contribution in [3.63, 3.8) is 0 Å². The molecule has 0 bridgehead atoms. The van der Waals surface area contributed by atoms with E-state index in [1.807, 2.05) is 4.90 Å². The molecule has 9 heteroatoms. The maximum absolute atomic E-state index is 13.5. The minimum Gasteiger partial charge on any atom is -0.384 e. The zero-order valence-electron chi connectivity index (χ0n) is 18.7. The van der Waals surface area contributed by atoms with E-state index in [1.165, 1.54) is 18.2 Å². The van der Waals surface area contributed by atoms with E-state index in [1.54, 1.807) is 36.3 Å².